The molecule has 4 nitrogen and oxygen atoms in total. The highest BCUT2D eigenvalue weighted by molar-refractivity contribution is 5.99. The number of hydrogen-bond donors (Lipinski definition) is 2. The molecule has 0 saturated heterocycles. The van der Waals surface area contributed by atoms with Gasteiger partial charge in [-0.15, -0.1) is 0 Å². The zero-order chi connectivity index (χ0) is 14.7. The third-order valence-corrected chi connectivity index (χ3v) is 4.29. The summed E-state index contributed by atoms with van der Waals surface area (Å²) in [6.07, 6.45) is 6.34. The molecule has 1 fully saturated rings. The molecule has 0 unspecified atom stereocenters. The van der Waals surface area contributed by atoms with E-state index >= 15 is 0 Å². The molecular formula is C17H21N3O. The highest BCUT2D eigenvalue weighted by atomic mass is 16.1. The summed E-state index contributed by atoms with van der Waals surface area (Å²) in [7, 11) is 0. The maximum atomic E-state index is 12.2. The lowest BCUT2D eigenvalue weighted by atomic mass is 10.0. The number of nitrogens with zero attached hydrogens (tertiary/aromatic N) is 1. The molecule has 1 saturated carbocycles. The second-order valence-electron chi connectivity index (χ2n) is 5.81. The molecule has 2 aromatic rings. The van der Waals surface area contributed by atoms with Gasteiger partial charge in [0, 0.05) is 17.6 Å². The van der Waals surface area contributed by atoms with Crippen LogP contribution in [0.25, 0.3) is 10.9 Å². The van der Waals surface area contributed by atoms with Crippen LogP contribution in [0.4, 0.5) is 5.69 Å². The molecule has 1 aliphatic rings. The number of nitrogen functional groups attached to an aromatic ring is 1. The average Bonchev–Trinajstić information content (AvgIpc) is 3.00. The van der Waals surface area contributed by atoms with Crippen molar-refractivity contribution >= 4 is 22.5 Å². The zero-order valence-corrected chi connectivity index (χ0v) is 12.1. The van der Waals surface area contributed by atoms with Gasteiger partial charge < -0.3 is 11.1 Å². The fraction of sp³-hybridized carbons (Fsp3) is 0.412. The number of rotatable bonds is 4. The van der Waals surface area contributed by atoms with E-state index in [-0.39, 0.29) is 5.91 Å². The summed E-state index contributed by atoms with van der Waals surface area (Å²) in [5.74, 6) is 0.644. The minimum absolute atomic E-state index is 0.134. The number of carbonyl (C=O) groups excluding carboxylic acids is 1. The van der Waals surface area contributed by atoms with Crippen LogP contribution in [0.5, 0.6) is 0 Å². The summed E-state index contributed by atoms with van der Waals surface area (Å²) in [5, 5.41) is 3.85. The molecule has 3 rings (SSSR count). The fourth-order valence-corrected chi connectivity index (χ4v) is 3.10. The summed E-state index contributed by atoms with van der Waals surface area (Å²) >= 11 is 0. The topological polar surface area (TPSA) is 68.0 Å². The summed E-state index contributed by atoms with van der Waals surface area (Å²) in [6, 6.07) is 9.27. The van der Waals surface area contributed by atoms with Crippen molar-refractivity contribution in [1.29, 1.82) is 0 Å². The summed E-state index contributed by atoms with van der Waals surface area (Å²) in [4.78, 5) is 16.6. The first-order chi connectivity index (χ1) is 10.2. The average molecular weight is 283 g/mol. The quantitative estimate of drug-likeness (QED) is 0.905. The van der Waals surface area contributed by atoms with Gasteiger partial charge in [0.2, 0.25) is 0 Å². The Morgan fingerprint density at radius 2 is 2.05 bits per heavy atom. The van der Waals surface area contributed by atoms with Gasteiger partial charge in [0.15, 0.2) is 0 Å². The van der Waals surface area contributed by atoms with Crippen molar-refractivity contribution in [1.82, 2.24) is 10.3 Å². The summed E-state index contributed by atoms with van der Waals surface area (Å²) < 4.78 is 0. The first kappa shape index (κ1) is 13.9. The number of nitrogens with one attached hydrogen (secondary N) is 1. The Hall–Kier alpha value is -2.10. The number of para-hydroxylation sites is 1. The second-order valence-corrected chi connectivity index (χ2v) is 5.81. The SMILES string of the molecule is Nc1cc(C(=O)NCCC2CCCC2)nc2ccccc12. The van der Waals surface area contributed by atoms with Gasteiger partial charge in [-0.05, 0) is 24.5 Å². The fourth-order valence-electron chi connectivity index (χ4n) is 3.10. The van der Waals surface area contributed by atoms with E-state index in [2.05, 4.69) is 10.3 Å². The zero-order valence-electron chi connectivity index (χ0n) is 12.1. The number of anilines is 1. The number of benzene rings is 1. The Labute approximate surface area is 124 Å². The lowest BCUT2D eigenvalue weighted by Crippen LogP contribution is -2.26. The van der Waals surface area contributed by atoms with Crippen LogP contribution in [-0.2, 0) is 0 Å². The van der Waals surface area contributed by atoms with Gasteiger partial charge in [0.1, 0.15) is 5.69 Å². The molecule has 0 aliphatic heterocycles. The Morgan fingerprint density at radius 3 is 2.86 bits per heavy atom. The standard InChI is InChI=1S/C17H21N3O/c18-14-11-16(20-15-8-4-3-7-13(14)15)17(21)19-10-9-12-5-1-2-6-12/h3-4,7-8,11-12H,1-2,5-6,9-10H2,(H2,18,20)(H,19,21). The lowest BCUT2D eigenvalue weighted by Gasteiger charge is -2.10. The van der Waals surface area contributed by atoms with Crippen molar-refractivity contribution < 1.29 is 4.79 Å². The van der Waals surface area contributed by atoms with Gasteiger partial charge in [0.05, 0.1) is 5.52 Å². The highest BCUT2D eigenvalue weighted by Gasteiger charge is 2.15. The van der Waals surface area contributed by atoms with E-state index in [9.17, 15) is 4.79 Å². The molecule has 1 amide bonds. The molecular weight excluding hydrogens is 262 g/mol. The molecule has 1 aliphatic carbocycles. The molecule has 1 aromatic heterocycles. The van der Waals surface area contributed by atoms with E-state index in [1.165, 1.54) is 25.7 Å². The monoisotopic (exact) mass is 283 g/mol. The first-order valence-corrected chi connectivity index (χ1v) is 7.67. The molecule has 0 bridgehead atoms. The molecule has 1 heterocycles. The van der Waals surface area contributed by atoms with E-state index in [4.69, 9.17) is 5.73 Å². The third kappa shape index (κ3) is 3.15. The van der Waals surface area contributed by atoms with Gasteiger partial charge in [-0.1, -0.05) is 43.9 Å². The minimum Gasteiger partial charge on any atom is -0.398 e. The Morgan fingerprint density at radius 1 is 1.29 bits per heavy atom. The van der Waals surface area contributed by atoms with Crippen molar-refractivity contribution in [2.75, 3.05) is 12.3 Å². The molecule has 1 aromatic carbocycles. The third-order valence-electron chi connectivity index (χ3n) is 4.29. The van der Waals surface area contributed by atoms with Crippen molar-refractivity contribution in [2.24, 2.45) is 5.92 Å². The predicted molar refractivity (Wildman–Crippen MR) is 85.1 cm³/mol. The van der Waals surface area contributed by atoms with Crippen molar-refractivity contribution in [2.45, 2.75) is 32.1 Å². The van der Waals surface area contributed by atoms with Crippen LogP contribution >= 0.6 is 0 Å². The molecule has 21 heavy (non-hydrogen) atoms. The number of amides is 1. The number of pyridine rings is 1. The first-order valence-electron chi connectivity index (χ1n) is 7.67. The van der Waals surface area contributed by atoms with E-state index in [1.807, 2.05) is 24.3 Å². The van der Waals surface area contributed by atoms with Crippen LogP contribution in [-0.4, -0.2) is 17.4 Å². The van der Waals surface area contributed by atoms with Gasteiger partial charge >= 0.3 is 0 Å². The van der Waals surface area contributed by atoms with Crippen LogP contribution in [0.1, 0.15) is 42.6 Å². The number of fused-ring (bicyclic) bond motifs is 1. The van der Waals surface area contributed by atoms with E-state index in [0.29, 0.717) is 11.4 Å². The minimum atomic E-state index is -0.134. The largest absolute Gasteiger partial charge is 0.398 e. The van der Waals surface area contributed by atoms with Crippen LogP contribution in [0.15, 0.2) is 30.3 Å². The number of hydrogen-bond acceptors (Lipinski definition) is 3. The van der Waals surface area contributed by atoms with Crippen molar-refractivity contribution in [3.63, 3.8) is 0 Å². The maximum absolute atomic E-state index is 12.2. The Balaban J connectivity index is 1.66. The number of nitrogens with two attached hydrogens (primary N) is 1. The number of carbonyl (C=O) groups is 1. The smallest absolute Gasteiger partial charge is 0.269 e. The van der Waals surface area contributed by atoms with Crippen molar-refractivity contribution in [3.05, 3.63) is 36.0 Å². The lowest BCUT2D eigenvalue weighted by molar-refractivity contribution is 0.0947. The van der Waals surface area contributed by atoms with Crippen LogP contribution in [0.3, 0.4) is 0 Å². The van der Waals surface area contributed by atoms with Crippen LogP contribution in [0, 0.1) is 5.92 Å². The number of aromatic nitrogens is 1. The van der Waals surface area contributed by atoms with Gasteiger partial charge in [-0.2, -0.15) is 0 Å². The summed E-state index contributed by atoms with van der Waals surface area (Å²) in [5.41, 5.74) is 7.76. The molecule has 110 valence electrons. The maximum Gasteiger partial charge on any atom is 0.269 e. The van der Waals surface area contributed by atoms with Gasteiger partial charge in [0.25, 0.3) is 5.91 Å². The Kier molecular flexibility index (Phi) is 4.04. The van der Waals surface area contributed by atoms with E-state index in [0.717, 1.165) is 29.8 Å². The molecule has 3 N–H and O–H groups in total. The molecule has 4 heteroatoms. The predicted octanol–water partition coefficient (Wildman–Crippen LogP) is 3.13. The highest BCUT2D eigenvalue weighted by Crippen LogP contribution is 2.27. The van der Waals surface area contributed by atoms with Crippen molar-refractivity contribution in [3.8, 4) is 0 Å². The van der Waals surface area contributed by atoms with Crippen LogP contribution in [0.2, 0.25) is 0 Å². The molecule has 0 spiro atoms. The van der Waals surface area contributed by atoms with E-state index < -0.39 is 0 Å². The normalized spacial score (nSPS) is 15.4. The van der Waals surface area contributed by atoms with Gasteiger partial charge in [-0.25, -0.2) is 4.98 Å². The second kappa shape index (κ2) is 6.12. The van der Waals surface area contributed by atoms with Crippen LogP contribution < -0.4 is 11.1 Å². The Bertz CT molecular complexity index is 648. The molecule has 0 radical (unpaired) electrons. The van der Waals surface area contributed by atoms with Gasteiger partial charge in [-0.3, -0.25) is 4.79 Å². The van der Waals surface area contributed by atoms with E-state index in [1.54, 1.807) is 6.07 Å². The molecule has 0 atom stereocenters. The summed E-state index contributed by atoms with van der Waals surface area (Å²) in [6.45, 7) is 0.720.